The summed E-state index contributed by atoms with van der Waals surface area (Å²) < 4.78 is 11.1. The molecule has 5 heteroatoms. The summed E-state index contributed by atoms with van der Waals surface area (Å²) in [5.41, 5.74) is 0.688. The quantitative estimate of drug-likeness (QED) is 0.597. The first-order valence-electron chi connectivity index (χ1n) is 6.79. The van der Waals surface area contributed by atoms with Gasteiger partial charge in [-0.15, -0.1) is 0 Å². The molecule has 0 fully saturated rings. The smallest absolute Gasteiger partial charge is 0.235 e. The van der Waals surface area contributed by atoms with Crippen LogP contribution in [0.5, 0.6) is 11.5 Å². The minimum Gasteiger partial charge on any atom is -0.494 e. The fraction of sp³-hybridized carbons (Fsp3) is 0.250. The van der Waals surface area contributed by atoms with Gasteiger partial charge in [0, 0.05) is 11.6 Å². The van der Waals surface area contributed by atoms with Crippen molar-refractivity contribution in [2.45, 2.75) is 13.8 Å². The molecule has 2 aromatic carbocycles. The van der Waals surface area contributed by atoms with E-state index in [1.165, 1.54) is 6.08 Å². The average molecular weight is 287 g/mol. The third-order valence-corrected chi connectivity index (χ3v) is 2.97. The van der Waals surface area contributed by atoms with Crippen LogP contribution >= 0.6 is 0 Å². The van der Waals surface area contributed by atoms with Gasteiger partial charge in [-0.1, -0.05) is 12.1 Å². The van der Waals surface area contributed by atoms with Gasteiger partial charge in [-0.05, 0) is 42.8 Å². The summed E-state index contributed by atoms with van der Waals surface area (Å²) >= 11 is 0. The molecule has 0 heterocycles. The van der Waals surface area contributed by atoms with Crippen LogP contribution < -0.4 is 9.47 Å². The molecule has 0 saturated carbocycles. The van der Waals surface area contributed by atoms with Crippen LogP contribution in [-0.4, -0.2) is 18.1 Å². The molecule has 5 nitrogen and oxygen atoms in total. The van der Waals surface area contributed by atoms with E-state index in [0.717, 1.165) is 22.7 Å². The van der Waals surface area contributed by atoms with E-state index in [4.69, 9.17) is 9.47 Å². The second-order valence-corrected chi connectivity index (χ2v) is 4.33. The van der Waals surface area contributed by atoms with Crippen LogP contribution in [0, 0.1) is 10.1 Å². The Hall–Kier alpha value is -2.56. The summed E-state index contributed by atoms with van der Waals surface area (Å²) in [4.78, 5) is 10.1. The first-order valence-corrected chi connectivity index (χ1v) is 6.79. The normalized spacial score (nSPS) is 11.0. The Labute approximate surface area is 122 Å². The first-order chi connectivity index (χ1) is 10.2. The predicted octanol–water partition coefficient (Wildman–Crippen LogP) is 3.88. The van der Waals surface area contributed by atoms with Crippen molar-refractivity contribution in [1.29, 1.82) is 0 Å². The second kappa shape index (κ2) is 6.74. The lowest BCUT2D eigenvalue weighted by atomic mass is 10.0. The van der Waals surface area contributed by atoms with Crippen molar-refractivity contribution in [1.82, 2.24) is 0 Å². The standard InChI is InChI=1S/C16H17NO4/c1-3-20-13-7-5-12-6-8-16(21-4-2)14(15(12)11-13)9-10-17(18)19/h5-11H,3-4H2,1-2H3/b10-9-. The van der Waals surface area contributed by atoms with Gasteiger partial charge in [0.05, 0.1) is 18.1 Å². The number of hydrogen-bond donors (Lipinski definition) is 0. The minimum absolute atomic E-state index is 0.485. The number of fused-ring (bicyclic) bond motifs is 1. The Bertz CT molecular complexity index is 674. The van der Waals surface area contributed by atoms with Gasteiger partial charge in [0.15, 0.2) is 0 Å². The van der Waals surface area contributed by atoms with Gasteiger partial charge >= 0.3 is 0 Å². The van der Waals surface area contributed by atoms with Gasteiger partial charge in [0.1, 0.15) is 11.5 Å². The van der Waals surface area contributed by atoms with E-state index in [9.17, 15) is 10.1 Å². The lowest BCUT2D eigenvalue weighted by Gasteiger charge is -2.11. The molecule has 0 spiro atoms. The van der Waals surface area contributed by atoms with E-state index in [1.54, 1.807) is 0 Å². The summed E-state index contributed by atoms with van der Waals surface area (Å²) in [5, 5.41) is 12.4. The van der Waals surface area contributed by atoms with Crippen molar-refractivity contribution < 1.29 is 14.4 Å². The van der Waals surface area contributed by atoms with Crippen LogP contribution in [0.4, 0.5) is 0 Å². The number of nitro groups is 1. The Balaban J connectivity index is 2.62. The molecule has 21 heavy (non-hydrogen) atoms. The Kier molecular flexibility index (Phi) is 4.77. The molecule has 2 aromatic rings. The van der Waals surface area contributed by atoms with Crippen molar-refractivity contribution in [2.24, 2.45) is 0 Å². The van der Waals surface area contributed by atoms with Crippen LogP contribution in [0.15, 0.2) is 36.5 Å². The van der Waals surface area contributed by atoms with Crippen molar-refractivity contribution in [3.05, 3.63) is 52.2 Å². The zero-order valence-corrected chi connectivity index (χ0v) is 12.0. The molecule has 2 rings (SSSR count). The lowest BCUT2D eigenvalue weighted by Crippen LogP contribution is -1.96. The van der Waals surface area contributed by atoms with Crippen LogP contribution in [0.2, 0.25) is 0 Å². The third kappa shape index (κ3) is 3.51. The number of nitrogens with zero attached hydrogens (tertiary/aromatic N) is 1. The van der Waals surface area contributed by atoms with Gasteiger partial charge in [-0.25, -0.2) is 0 Å². The Morgan fingerprint density at radius 1 is 1.14 bits per heavy atom. The highest BCUT2D eigenvalue weighted by Crippen LogP contribution is 2.32. The molecule has 0 atom stereocenters. The number of benzene rings is 2. The van der Waals surface area contributed by atoms with E-state index in [-0.39, 0.29) is 0 Å². The van der Waals surface area contributed by atoms with Gasteiger partial charge in [-0.3, -0.25) is 10.1 Å². The zero-order chi connectivity index (χ0) is 15.2. The molecule has 0 aliphatic heterocycles. The largest absolute Gasteiger partial charge is 0.494 e. The lowest BCUT2D eigenvalue weighted by molar-refractivity contribution is -0.400. The third-order valence-electron chi connectivity index (χ3n) is 2.97. The van der Waals surface area contributed by atoms with Crippen LogP contribution in [0.1, 0.15) is 19.4 Å². The summed E-state index contributed by atoms with van der Waals surface area (Å²) in [6, 6.07) is 9.44. The highest BCUT2D eigenvalue weighted by atomic mass is 16.6. The summed E-state index contributed by atoms with van der Waals surface area (Å²) in [6.07, 6.45) is 2.38. The molecular formula is C16H17NO4. The monoisotopic (exact) mass is 287 g/mol. The van der Waals surface area contributed by atoms with E-state index < -0.39 is 4.92 Å². The summed E-state index contributed by atoms with van der Waals surface area (Å²) in [6.45, 7) is 4.85. The first kappa shape index (κ1) is 14.8. The molecule has 0 unspecified atom stereocenters. The maximum absolute atomic E-state index is 10.6. The highest BCUT2D eigenvalue weighted by molar-refractivity contribution is 5.94. The molecule has 0 aliphatic rings. The minimum atomic E-state index is -0.485. The van der Waals surface area contributed by atoms with E-state index in [1.807, 2.05) is 44.2 Å². The maximum atomic E-state index is 10.6. The van der Waals surface area contributed by atoms with Crippen molar-refractivity contribution in [3.63, 3.8) is 0 Å². The maximum Gasteiger partial charge on any atom is 0.235 e. The van der Waals surface area contributed by atoms with Crippen LogP contribution in [-0.2, 0) is 0 Å². The molecule has 0 saturated heterocycles. The number of hydrogen-bond acceptors (Lipinski definition) is 4. The van der Waals surface area contributed by atoms with Crippen LogP contribution in [0.3, 0.4) is 0 Å². The fourth-order valence-electron chi connectivity index (χ4n) is 2.15. The van der Waals surface area contributed by atoms with Crippen molar-refractivity contribution >= 4 is 16.8 Å². The zero-order valence-electron chi connectivity index (χ0n) is 12.0. The van der Waals surface area contributed by atoms with Crippen LogP contribution in [0.25, 0.3) is 16.8 Å². The highest BCUT2D eigenvalue weighted by Gasteiger charge is 2.09. The SMILES string of the molecule is CCOc1ccc2ccc(OCC)c(/C=C\[N+](=O)[O-])c2c1. The predicted molar refractivity (Wildman–Crippen MR) is 82.3 cm³/mol. The topological polar surface area (TPSA) is 61.6 Å². The fourth-order valence-corrected chi connectivity index (χ4v) is 2.15. The van der Waals surface area contributed by atoms with Gasteiger partial charge in [0.25, 0.3) is 0 Å². The van der Waals surface area contributed by atoms with E-state index in [2.05, 4.69) is 0 Å². The summed E-state index contributed by atoms with van der Waals surface area (Å²) in [5.74, 6) is 1.35. The van der Waals surface area contributed by atoms with E-state index in [0.29, 0.717) is 24.5 Å². The van der Waals surface area contributed by atoms with Gasteiger partial charge in [-0.2, -0.15) is 0 Å². The van der Waals surface area contributed by atoms with Gasteiger partial charge in [0.2, 0.25) is 6.20 Å². The molecule has 0 bridgehead atoms. The Morgan fingerprint density at radius 2 is 1.86 bits per heavy atom. The van der Waals surface area contributed by atoms with Crippen molar-refractivity contribution in [3.8, 4) is 11.5 Å². The molecule has 110 valence electrons. The molecule has 0 N–H and O–H groups in total. The average Bonchev–Trinajstić information content (AvgIpc) is 2.46. The van der Waals surface area contributed by atoms with Crippen molar-refractivity contribution in [2.75, 3.05) is 13.2 Å². The van der Waals surface area contributed by atoms with E-state index >= 15 is 0 Å². The molecular weight excluding hydrogens is 270 g/mol. The molecule has 0 aliphatic carbocycles. The summed E-state index contributed by atoms with van der Waals surface area (Å²) in [7, 11) is 0. The molecule has 0 amide bonds. The molecule has 0 radical (unpaired) electrons. The Morgan fingerprint density at radius 3 is 2.52 bits per heavy atom. The van der Waals surface area contributed by atoms with Gasteiger partial charge < -0.3 is 9.47 Å². The number of ether oxygens (including phenoxy) is 2. The second-order valence-electron chi connectivity index (χ2n) is 4.33. The number of rotatable bonds is 6. The molecule has 0 aromatic heterocycles.